The predicted octanol–water partition coefficient (Wildman–Crippen LogP) is 2.99. The summed E-state index contributed by atoms with van der Waals surface area (Å²) in [7, 11) is 1.45. The number of benzene rings is 1. The van der Waals surface area contributed by atoms with Crippen LogP contribution < -0.4 is 15.4 Å². The van der Waals surface area contributed by atoms with Crippen LogP contribution in [0.15, 0.2) is 35.0 Å². The summed E-state index contributed by atoms with van der Waals surface area (Å²) in [6.07, 6.45) is -0.773. The normalized spacial score (nSPS) is 13.2. The Morgan fingerprint density at radius 2 is 2.22 bits per heavy atom. The first-order valence-corrected chi connectivity index (χ1v) is 8.04. The van der Waals surface area contributed by atoms with Crippen LogP contribution in [0, 0.1) is 5.82 Å². The summed E-state index contributed by atoms with van der Waals surface area (Å²) in [4.78, 5) is 11.9. The van der Waals surface area contributed by atoms with Crippen molar-refractivity contribution in [2.75, 3.05) is 13.7 Å². The SMILES string of the molecule is COc1cccc(F)c1[C@H](C)NC(=O)NC[C@H](O)c1ccsc1. The van der Waals surface area contributed by atoms with Crippen LogP contribution in [0.1, 0.15) is 30.2 Å². The summed E-state index contributed by atoms with van der Waals surface area (Å²) in [5.41, 5.74) is 1.03. The second kappa shape index (κ2) is 7.94. The first kappa shape index (κ1) is 17.2. The van der Waals surface area contributed by atoms with Crippen molar-refractivity contribution in [3.8, 4) is 5.75 Å². The average molecular weight is 338 g/mol. The minimum atomic E-state index is -0.773. The smallest absolute Gasteiger partial charge is 0.315 e. The maximum absolute atomic E-state index is 13.9. The highest BCUT2D eigenvalue weighted by atomic mass is 32.1. The third kappa shape index (κ3) is 4.43. The van der Waals surface area contributed by atoms with Crippen molar-refractivity contribution in [3.05, 3.63) is 52.0 Å². The van der Waals surface area contributed by atoms with Crippen LogP contribution in [0.25, 0.3) is 0 Å². The first-order chi connectivity index (χ1) is 11.0. The van der Waals surface area contributed by atoms with Gasteiger partial charge in [-0.25, -0.2) is 9.18 Å². The number of halogens is 1. The Labute approximate surface area is 138 Å². The molecule has 0 saturated carbocycles. The number of nitrogens with one attached hydrogen (secondary N) is 2. The number of methoxy groups -OCH3 is 1. The number of thiophene rings is 1. The Morgan fingerprint density at radius 3 is 2.87 bits per heavy atom. The zero-order valence-corrected chi connectivity index (χ0v) is 13.7. The lowest BCUT2D eigenvalue weighted by molar-refractivity contribution is 0.173. The number of aliphatic hydroxyl groups excluding tert-OH is 1. The molecular formula is C16H19FN2O3S. The van der Waals surface area contributed by atoms with E-state index in [9.17, 15) is 14.3 Å². The van der Waals surface area contributed by atoms with Crippen LogP contribution in [0.3, 0.4) is 0 Å². The highest BCUT2D eigenvalue weighted by Crippen LogP contribution is 2.27. The van der Waals surface area contributed by atoms with Gasteiger partial charge < -0.3 is 20.5 Å². The molecule has 0 bridgehead atoms. The van der Waals surface area contributed by atoms with E-state index in [1.807, 2.05) is 10.8 Å². The van der Waals surface area contributed by atoms with Gasteiger partial charge >= 0.3 is 6.03 Å². The van der Waals surface area contributed by atoms with Gasteiger partial charge in [0.1, 0.15) is 11.6 Å². The number of hydrogen-bond acceptors (Lipinski definition) is 4. The lowest BCUT2D eigenvalue weighted by Gasteiger charge is -2.19. The van der Waals surface area contributed by atoms with Crippen molar-refractivity contribution in [1.82, 2.24) is 10.6 Å². The van der Waals surface area contributed by atoms with Gasteiger partial charge in [0.2, 0.25) is 0 Å². The van der Waals surface area contributed by atoms with E-state index in [4.69, 9.17) is 4.74 Å². The largest absolute Gasteiger partial charge is 0.496 e. The molecule has 0 fully saturated rings. The van der Waals surface area contributed by atoms with Crippen LogP contribution in [0.5, 0.6) is 5.75 Å². The topological polar surface area (TPSA) is 70.6 Å². The van der Waals surface area contributed by atoms with Crippen LogP contribution >= 0.6 is 11.3 Å². The van der Waals surface area contributed by atoms with Gasteiger partial charge in [-0.3, -0.25) is 0 Å². The summed E-state index contributed by atoms with van der Waals surface area (Å²) < 4.78 is 19.1. The molecule has 7 heteroatoms. The molecule has 0 unspecified atom stereocenters. The molecule has 0 radical (unpaired) electrons. The summed E-state index contributed by atoms with van der Waals surface area (Å²) in [6.45, 7) is 1.74. The number of ether oxygens (including phenoxy) is 1. The van der Waals surface area contributed by atoms with Gasteiger partial charge in [0.05, 0.1) is 24.8 Å². The van der Waals surface area contributed by atoms with Gasteiger partial charge in [0.15, 0.2) is 0 Å². The Morgan fingerprint density at radius 1 is 1.43 bits per heavy atom. The number of rotatable bonds is 6. The van der Waals surface area contributed by atoms with Gasteiger partial charge in [0.25, 0.3) is 0 Å². The second-order valence-electron chi connectivity index (χ2n) is 5.00. The van der Waals surface area contributed by atoms with Gasteiger partial charge in [0, 0.05) is 6.54 Å². The number of carbonyl (C=O) groups is 1. The highest BCUT2D eigenvalue weighted by Gasteiger charge is 2.18. The number of aliphatic hydroxyl groups is 1. The van der Waals surface area contributed by atoms with E-state index in [0.29, 0.717) is 5.75 Å². The first-order valence-electron chi connectivity index (χ1n) is 7.09. The van der Waals surface area contributed by atoms with Crippen molar-refractivity contribution in [3.63, 3.8) is 0 Å². The molecule has 1 aromatic heterocycles. The molecule has 2 aromatic rings. The molecule has 3 N–H and O–H groups in total. The zero-order chi connectivity index (χ0) is 16.8. The van der Waals surface area contributed by atoms with Crippen molar-refractivity contribution in [2.24, 2.45) is 0 Å². The fourth-order valence-corrected chi connectivity index (χ4v) is 2.91. The molecule has 0 aliphatic rings. The van der Waals surface area contributed by atoms with Crippen LogP contribution in [-0.4, -0.2) is 24.8 Å². The molecular weight excluding hydrogens is 319 g/mol. The third-order valence-electron chi connectivity index (χ3n) is 3.40. The number of urea groups is 1. The van der Waals surface area contributed by atoms with E-state index in [2.05, 4.69) is 10.6 Å². The second-order valence-corrected chi connectivity index (χ2v) is 5.78. The Balaban J connectivity index is 1.92. The lowest BCUT2D eigenvalue weighted by Crippen LogP contribution is -2.39. The minimum absolute atomic E-state index is 0.0731. The van der Waals surface area contributed by atoms with Crippen molar-refractivity contribution < 1.29 is 19.0 Å². The fraction of sp³-hybridized carbons (Fsp3) is 0.312. The van der Waals surface area contributed by atoms with Gasteiger partial charge in [-0.2, -0.15) is 11.3 Å². The van der Waals surface area contributed by atoms with Crippen LogP contribution in [0.4, 0.5) is 9.18 Å². The van der Waals surface area contributed by atoms with Crippen molar-refractivity contribution in [1.29, 1.82) is 0 Å². The number of amides is 2. The van der Waals surface area contributed by atoms with Crippen LogP contribution in [-0.2, 0) is 0 Å². The fourth-order valence-electron chi connectivity index (χ4n) is 2.21. The quantitative estimate of drug-likeness (QED) is 0.758. The zero-order valence-electron chi connectivity index (χ0n) is 12.9. The summed E-state index contributed by atoms with van der Waals surface area (Å²) >= 11 is 1.47. The van der Waals surface area contributed by atoms with E-state index in [1.54, 1.807) is 25.1 Å². The standard InChI is InChI=1S/C16H19FN2O3S/c1-10(15-12(17)4-3-5-14(15)22-2)19-16(21)18-8-13(20)11-6-7-23-9-11/h3-7,9-10,13,20H,8H2,1-2H3,(H2,18,19,21)/t10-,13-/m0/s1. The highest BCUT2D eigenvalue weighted by molar-refractivity contribution is 7.07. The molecule has 0 aliphatic heterocycles. The molecule has 1 aromatic carbocycles. The van der Waals surface area contributed by atoms with Gasteiger partial charge in [-0.15, -0.1) is 0 Å². The van der Waals surface area contributed by atoms with E-state index in [1.165, 1.54) is 24.5 Å². The number of carbonyl (C=O) groups excluding carboxylic acids is 1. The van der Waals surface area contributed by atoms with Gasteiger partial charge in [-0.1, -0.05) is 6.07 Å². The Hall–Kier alpha value is -2.12. The Bertz CT molecular complexity index is 649. The maximum atomic E-state index is 13.9. The lowest BCUT2D eigenvalue weighted by atomic mass is 10.1. The van der Waals surface area contributed by atoms with E-state index in [-0.39, 0.29) is 12.1 Å². The summed E-state index contributed by atoms with van der Waals surface area (Å²) in [5.74, 6) is -0.0773. The van der Waals surface area contributed by atoms with Gasteiger partial charge in [-0.05, 0) is 41.4 Å². The summed E-state index contributed by atoms with van der Waals surface area (Å²) in [5, 5.41) is 18.8. The minimum Gasteiger partial charge on any atom is -0.496 e. The molecule has 23 heavy (non-hydrogen) atoms. The molecule has 2 atom stereocenters. The monoisotopic (exact) mass is 338 g/mol. The predicted molar refractivity (Wildman–Crippen MR) is 87.2 cm³/mol. The number of hydrogen-bond donors (Lipinski definition) is 3. The molecule has 2 rings (SSSR count). The molecule has 2 amide bonds. The maximum Gasteiger partial charge on any atom is 0.315 e. The molecule has 5 nitrogen and oxygen atoms in total. The molecule has 0 saturated heterocycles. The molecule has 124 valence electrons. The molecule has 0 aliphatic carbocycles. The Kier molecular flexibility index (Phi) is 5.95. The van der Waals surface area contributed by atoms with E-state index >= 15 is 0 Å². The van der Waals surface area contributed by atoms with E-state index in [0.717, 1.165) is 5.56 Å². The third-order valence-corrected chi connectivity index (χ3v) is 4.10. The van der Waals surface area contributed by atoms with Crippen LogP contribution in [0.2, 0.25) is 0 Å². The molecule has 0 spiro atoms. The average Bonchev–Trinajstić information content (AvgIpc) is 3.06. The van der Waals surface area contributed by atoms with Crippen molar-refractivity contribution >= 4 is 17.4 Å². The van der Waals surface area contributed by atoms with E-state index < -0.39 is 24.0 Å². The summed E-state index contributed by atoms with van der Waals surface area (Å²) in [6, 6.07) is 5.22. The van der Waals surface area contributed by atoms with Crippen molar-refractivity contribution in [2.45, 2.75) is 19.1 Å². The molecule has 1 heterocycles.